The number of hydrogen-bond acceptors (Lipinski definition) is 5. The fourth-order valence-electron chi connectivity index (χ4n) is 1.00. The topological polar surface area (TPSA) is 60.2 Å². The van der Waals surface area contributed by atoms with Gasteiger partial charge >= 0.3 is 0 Å². The molecule has 0 saturated heterocycles. The number of hydrogen-bond donors (Lipinski definition) is 1. The summed E-state index contributed by atoms with van der Waals surface area (Å²) in [5.41, 5.74) is 0.673. The number of aromatic nitrogens is 3. The normalized spacial score (nSPS) is 11.2. The monoisotopic (exact) mass is 231 g/mol. The highest BCUT2D eigenvalue weighted by atomic mass is 32.2. The van der Waals surface area contributed by atoms with Gasteiger partial charge in [-0.15, -0.1) is 5.10 Å². The van der Waals surface area contributed by atoms with Gasteiger partial charge in [-0.25, -0.2) is 4.68 Å². The van der Waals surface area contributed by atoms with Gasteiger partial charge in [0.05, 0.1) is 25.1 Å². The summed E-state index contributed by atoms with van der Waals surface area (Å²) in [5, 5.41) is 17.0. The van der Waals surface area contributed by atoms with Gasteiger partial charge in [0, 0.05) is 5.75 Å². The molecule has 0 aromatic carbocycles. The molecule has 0 aliphatic heterocycles. The maximum Gasteiger partial charge on any atom is 0.141 e. The maximum absolute atomic E-state index is 8.92. The van der Waals surface area contributed by atoms with Crippen LogP contribution in [0.5, 0.6) is 0 Å². The van der Waals surface area contributed by atoms with Crippen molar-refractivity contribution >= 4 is 11.8 Å². The highest BCUT2D eigenvalue weighted by molar-refractivity contribution is 7.99. The molecule has 1 N–H and O–H groups in total. The minimum atomic E-state index is -0.0584. The molecule has 1 heterocycles. The zero-order chi connectivity index (χ0) is 11.1. The number of thioether (sulfide) groups is 1. The third-order valence-corrected chi connectivity index (χ3v) is 2.82. The van der Waals surface area contributed by atoms with E-state index in [2.05, 4.69) is 24.2 Å². The molecule has 0 radical (unpaired) electrons. The van der Waals surface area contributed by atoms with Crippen LogP contribution in [0.3, 0.4) is 0 Å². The van der Waals surface area contributed by atoms with E-state index in [1.807, 2.05) is 11.8 Å². The molecular formula is C9H17N3O2S. The van der Waals surface area contributed by atoms with Crippen molar-refractivity contribution in [3.8, 4) is 0 Å². The van der Waals surface area contributed by atoms with Crippen LogP contribution in [-0.2, 0) is 18.1 Å². The van der Waals surface area contributed by atoms with E-state index in [0.717, 1.165) is 5.75 Å². The van der Waals surface area contributed by atoms with Crippen molar-refractivity contribution in [2.75, 3.05) is 12.4 Å². The van der Waals surface area contributed by atoms with Gasteiger partial charge < -0.3 is 9.84 Å². The van der Waals surface area contributed by atoms with Gasteiger partial charge in [-0.3, -0.25) is 0 Å². The second-order valence-electron chi connectivity index (χ2n) is 3.34. The molecule has 1 aromatic heterocycles. The van der Waals surface area contributed by atoms with Gasteiger partial charge in [-0.2, -0.15) is 11.8 Å². The Bertz CT molecular complexity index is 278. The molecule has 0 unspecified atom stereocenters. The summed E-state index contributed by atoms with van der Waals surface area (Å²) in [4.78, 5) is 0. The van der Waals surface area contributed by atoms with Crippen molar-refractivity contribution in [1.29, 1.82) is 0 Å². The van der Waals surface area contributed by atoms with Crippen LogP contribution in [0.15, 0.2) is 6.20 Å². The van der Waals surface area contributed by atoms with Gasteiger partial charge in [0.15, 0.2) is 0 Å². The zero-order valence-corrected chi connectivity index (χ0v) is 9.90. The molecule has 0 aliphatic carbocycles. The molecule has 6 heteroatoms. The van der Waals surface area contributed by atoms with E-state index < -0.39 is 0 Å². The summed E-state index contributed by atoms with van der Waals surface area (Å²) in [7, 11) is 0. The average molecular weight is 231 g/mol. The quantitative estimate of drug-likeness (QED) is 0.706. The summed E-state index contributed by atoms with van der Waals surface area (Å²) in [5.74, 6) is 0.973. The summed E-state index contributed by atoms with van der Waals surface area (Å²) in [6, 6.07) is 0. The highest BCUT2D eigenvalue weighted by Crippen LogP contribution is 2.08. The summed E-state index contributed by atoms with van der Waals surface area (Å²) >= 11 is 1.86. The lowest BCUT2D eigenvalue weighted by atomic mass is 10.5. The van der Waals surface area contributed by atoms with Crippen molar-refractivity contribution in [3.63, 3.8) is 0 Å². The number of rotatable bonds is 7. The number of nitrogens with zero attached hydrogens (tertiary/aromatic N) is 3. The molecule has 5 nitrogen and oxygen atoms in total. The summed E-state index contributed by atoms with van der Waals surface area (Å²) in [6.07, 6.45) is 1.53. The first-order chi connectivity index (χ1) is 7.24. The molecule has 1 rings (SSSR count). The van der Waals surface area contributed by atoms with Crippen LogP contribution in [0.1, 0.15) is 19.5 Å². The number of aliphatic hydroxyl groups is 1. The molecular weight excluding hydrogens is 214 g/mol. The highest BCUT2D eigenvalue weighted by Gasteiger charge is 2.01. The Balaban J connectivity index is 2.15. The van der Waals surface area contributed by atoms with E-state index in [4.69, 9.17) is 9.84 Å². The Hall–Kier alpha value is -0.590. The zero-order valence-electron chi connectivity index (χ0n) is 9.09. The van der Waals surface area contributed by atoms with Crippen molar-refractivity contribution in [2.24, 2.45) is 0 Å². The Labute approximate surface area is 93.8 Å². The molecule has 0 aliphatic rings. The maximum atomic E-state index is 8.92. The molecule has 15 heavy (non-hydrogen) atoms. The van der Waals surface area contributed by atoms with E-state index in [1.54, 1.807) is 4.68 Å². The molecule has 0 fully saturated rings. The van der Waals surface area contributed by atoms with E-state index >= 15 is 0 Å². The average Bonchev–Trinajstić information content (AvgIpc) is 2.64. The second kappa shape index (κ2) is 6.81. The van der Waals surface area contributed by atoms with E-state index in [9.17, 15) is 0 Å². The standard InChI is InChI=1S/C9H17N3O2S/c1-8(2)15-4-3-14-7-12-9(6-13)5-10-11-12/h5,8,13H,3-4,6-7H2,1-2H3. The third-order valence-electron chi connectivity index (χ3n) is 1.75. The minimum absolute atomic E-state index is 0.0584. The third kappa shape index (κ3) is 4.63. The van der Waals surface area contributed by atoms with Crippen LogP contribution in [0.25, 0.3) is 0 Å². The van der Waals surface area contributed by atoms with Gasteiger partial charge in [0.1, 0.15) is 6.73 Å². The predicted octanol–water partition coefficient (Wildman–Crippen LogP) is 0.886. The van der Waals surface area contributed by atoms with Gasteiger partial charge in [-0.05, 0) is 5.25 Å². The van der Waals surface area contributed by atoms with Crippen LogP contribution < -0.4 is 0 Å². The number of aliphatic hydroxyl groups excluding tert-OH is 1. The Morgan fingerprint density at radius 1 is 1.60 bits per heavy atom. The van der Waals surface area contributed by atoms with Crippen molar-refractivity contribution in [1.82, 2.24) is 15.0 Å². The van der Waals surface area contributed by atoms with Gasteiger partial charge in [-0.1, -0.05) is 19.1 Å². The fourth-order valence-corrected chi connectivity index (χ4v) is 1.69. The van der Waals surface area contributed by atoms with E-state index in [1.165, 1.54) is 6.20 Å². The van der Waals surface area contributed by atoms with E-state index in [-0.39, 0.29) is 6.61 Å². The lowest BCUT2D eigenvalue weighted by Crippen LogP contribution is -2.10. The Morgan fingerprint density at radius 2 is 2.40 bits per heavy atom. The smallest absolute Gasteiger partial charge is 0.141 e. The largest absolute Gasteiger partial charge is 0.390 e. The molecule has 1 aromatic rings. The van der Waals surface area contributed by atoms with Crippen LogP contribution in [0.2, 0.25) is 0 Å². The molecule has 0 bridgehead atoms. The first-order valence-corrected chi connectivity index (χ1v) is 5.96. The minimum Gasteiger partial charge on any atom is -0.390 e. The summed E-state index contributed by atoms with van der Waals surface area (Å²) < 4.78 is 6.96. The number of ether oxygens (including phenoxy) is 1. The van der Waals surface area contributed by atoms with Gasteiger partial charge in [0.25, 0.3) is 0 Å². The molecule has 0 atom stereocenters. The van der Waals surface area contributed by atoms with Crippen LogP contribution >= 0.6 is 11.8 Å². The SMILES string of the molecule is CC(C)SCCOCn1nncc1CO. The lowest BCUT2D eigenvalue weighted by molar-refractivity contribution is 0.0743. The fraction of sp³-hybridized carbons (Fsp3) is 0.778. The summed E-state index contributed by atoms with van der Waals surface area (Å²) in [6.45, 7) is 5.30. The molecule has 86 valence electrons. The second-order valence-corrected chi connectivity index (χ2v) is 5.02. The van der Waals surface area contributed by atoms with Crippen molar-refractivity contribution < 1.29 is 9.84 Å². The van der Waals surface area contributed by atoms with E-state index in [0.29, 0.717) is 24.3 Å². The Morgan fingerprint density at radius 3 is 3.07 bits per heavy atom. The van der Waals surface area contributed by atoms with Crippen LogP contribution in [-0.4, -0.2) is 37.7 Å². The van der Waals surface area contributed by atoms with Crippen molar-refractivity contribution in [3.05, 3.63) is 11.9 Å². The molecule has 0 amide bonds. The first-order valence-electron chi connectivity index (χ1n) is 4.91. The first kappa shape index (κ1) is 12.5. The molecule has 0 spiro atoms. The van der Waals surface area contributed by atoms with Gasteiger partial charge in [0.2, 0.25) is 0 Å². The van der Waals surface area contributed by atoms with Crippen molar-refractivity contribution in [2.45, 2.75) is 32.4 Å². The van der Waals surface area contributed by atoms with Crippen LogP contribution in [0.4, 0.5) is 0 Å². The predicted molar refractivity (Wildman–Crippen MR) is 59.5 cm³/mol. The molecule has 0 saturated carbocycles. The van der Waals surface area contributed by atoms with Crippen LogP contribution in [0, 0.1) is 0 Å². The lowest BCUT2D eigenvalue weighted by Gasteiger charge is -2.07. The Kier molecular flexibility index (Phi) is 5.67.